The Hall–Kier alpha value is -2.56. The molecule has 1 aromatic rings. The van der Waals surface area contributed by atoms with Crippen molar-refractivity contribution < 1.29 is 24.2 Å². The van der Waals surface area contributed by atoms with Gasteiger partial charge in [0.1, 0.15) is 11.5 Å². The van der Waals surface area contributed by atoms with Crippen LogP contribution in [0.15, 0.2) is 40.9 Å². The van der Waals surface area contributed by atoms with E-state index < -0.39 is 5.92 Å². The molecule has 29 heavy (non-hydrogen) atoms. The van der Waals surface area contributed by atoms with Gasteiger partial charge in [-0.15, -0.1) is 0 Å². The van der Waals surface area contributed by atoms with Crippen LogP contribution in [-0.4, -0.2) is 23.8 Å². The zero-order valence-corrected chi connectivity index (χ0v) is 17.7. The first kappa shape index (κ1) is 19.7. The fourth-order valence-electron chi connectivity index (χ4n) is 4.93. The van der Waals surface area contributed by atoms with Gasteiger partial charge in [0.05, 0.1) is 13.0 Å². The minimum absolute atomic E-state index is 0.0207. The largest absolute Gasteiger partial charge is 0.512 e. The second-order valence-corrected chi connectivity index (χ2v) is 9.99. The highest BCUT2D eigenvalue weighted by molar-refractivity contribution is 6.06. The van der Waals surface area contributed by atoms with Gasteiger partial charge in [0.25, 0.3) is 0 Å². The molecule has 1 heterocycles. The Morgan fingerprint density at radius 2 is 1.59 bits per heavy atom. The molecule has 5 nitrogen and oxygen atoms in total. The molecule has 3 aliphatic rings. The monoisotopic (exact) mass is 396 g/mol. The van der Waals surface area contributed by atoms with Crippen LogP contribution in [0.4, 0.5) is 0 Å². The van der Waals surface area contributed by atoms with Crippen molar-refractivity contribution in [3.63, 3.8) is 0 Å². The maximum Gasteiger partial charge on any atom is 0.172 e. The fourth-order valence-corrected chi connectivity index (χ4v) is 4.93. The minimum atomic E-state index is -0.615. The van der Waals surface area contributed by atoms with Gasteiger partial charge in [-0.2, -0.15) is 0 Å². The molecule has 1 aromatic carbocycles. The Labute approximate surface area is 171 Å². The van der Waals surface area contributed by atoms with Crippen LogP contribution in [0.3, 0.4) is 0 Å². The summed E-state index contributed by atoms with van der Waals surface area (Å²) in [6.45, 7) is 8.02. The van der Waals surface area contributed by atoms with Crippen LogP contribution >= 0.6 is 0 Å². The van der Waals surface area contributed by atoms with Gasteiger partial charge in [-0.05, 0) is 16.9 Å². The Morgan fingerprint density at radius 1 is 0.966 bits per heavy atom. The molecule has 5 heteroatoms. The van der Waals surface area contributed by atoms with Gasteiger partial charge in [0.2, 0.25) is 0 Å². The SMILES string of the molecule is COc1cccc2c1OC1=C(C(=O)CC(C)(C)C1)C2C1=C(O)CC(C)(C)CC1=O. The molecule has 0 saturated carbocycles. The predicted octanol–water partition coefficient (Wildman–Crippen LogP) is 5.02. The number of rotatable bonds is 2. The van der Waals surface area contributed by atoms with Gasteiger partial charge in [-0.1, -0.05) is 39.8 Å². The highest BCUT2D eigenvalue weighted by Gasteiger charge is 2.47. The minimum Gasteiger partial charge on any atom is -0.512 e. The van der Waals surface area contributed by atoms with Gasteiger partial charge in [0.15, 0.2) is 23.1 Å². The van der Waals surface area contributed by atoms with Crippen LogP contribution in [0.5, 0.6) is 11.5 Å². The fraction of sp³-hybridized carbons (Fsp3) is 0.500. The van der Waals surface area contributed by atoms with E-state index in [9.17, 15) is 14.7 Å². The molecule has 0 aromatic heterocycles. The number of fused-ring (bicyclic) bond motifs is 1. The molecule has 1 atom stereocenters. The number of hydrogen-bond donors (Lipinski definition) is 1. The van der Waals surface area contributed by atoms with Crippen LogP contribution in [0.2, 0.25) is 0 Å². The molecule has 0 spiro atoms. The quantitative estimate of drug-likeness (QED) is 0.760. The number of ether oxygens (including phenoxy) is 2. The Bertz CT molecular complexity index is 977. The Balaban J connectivity index is 1.97. The number of para-hydroxylation sites is 1. The van der Waals surface area contributed by atoms with Crippen LogP contribution < -0.4 is 9.47 Å². The number of aliphatic hydroxyl groups is 1. The summed E-state index contributed by atoms with van der Waals surface area (Å²) in [4.78, 5) is 26.4. The summed E-state index contributed by atoms with van der Waals surface area (Å²) in [6.07, 6.45) is 1.73. The highest BCUT2D eigenvalue weighted by atomic mass is 16.5. The number of ketones is 2. The van der Waals surface area contributed by atoms with E-state index in [2.05, 4.69) is 0 Å². The number of Topliss-reactive ketones (excluding diaryl/α,β-unsaturated/α-hetero) is 2. The van der Waals surface area contributed by atoms with Gasteiger partial charge < -0.3 is 14.6 Å². The number of allylic oxidation sites excluding steroid dienone is 4. The molecular formula is C24H28O5. The van der Waals surface area contributed by atoms with Crippen molar-refractivity contribution >= 4 is 11.6 Å². The van der Waals surface area contributed by atoms with Crippen molar-refractivity contribution in [2.24, 2.45) is 10.8 Å². The summed E-state index contributed by atoms with van der Waals surface area (Å²) in [5.74, 6) is 1.01. The van der Waals surface area contributed by atoms with Gasteiger partial charge in [-0.3, -0.25) is 9.59 Å². The molecule has 0 amide bonds. The van der Waals surface area contributed by atoms with E-state index in [0.29, 0.717) is 59.7 Å². The van der Waals surface area contributed by atoms with Crippen molar-refractivity contribution in [2.75, 3.05) is 7.11 Å². The van der Waals surface area contributed by atoms with Gasteiger partial charge in [-0.25, -0.2) is 0 Å². The smallest absolute Gasteiger partial charge is 0.172 e. The highest BCUT2D eigenvalue weighted by Crippen LogP contribution is 2.54. The van der Waals surface area contributed by atoms with Crippen molar-refractivity contribution in [2.45, 2.75) is 59.3 Å². The normalized spacial score (nSPS) is 25.3. The lowest BCUT2D eigenvalue weighted by Crippen LogP contribution is -2.36. The van der Waals surface area contributed by atoms with Crippen molar-refractivity contribution in [3.05, 3.63) is 46.4 Å². The molecule has 0 fully saturated rings. The van der Waals surface area contributed by atoms with Crippen molar-refractivity contribution in [3.8, 4) is 11.5 Å². The Kier molecular flexibility index (Phi) is 4.41. The van der Waals surface area contributed by atoms with E-state index in [-0.39, 0.29) is 28.2 Å². The average molecular weight is 396 g/mol. The number of benzene rings is 1. The third-order valence-corrected chi connectivity index (χ3v) is 6.12. The van der Waals surface area contributed by atoms with Crippen LogP contribution in [-0.2, 0) is 9.59 Å². The molecule has 0 saturated heterocycles. The molecule has 1 N–H and O–H groups in total. The molecule has 2 aliphatic carbocycles. The standard InChI is InChI=1S/C24H28O5/c1-23(2)9-14(25)20(15(26)10-23)19-13-7-6-8-17(28-5)22(13)29-18-12-24(3,4)11-16(27)21(18)19/h6-8,19,25H,9-12H2,1-5H3. The molecule has 0 radical (unpaired) electrons. The lowest BCUT2D eigenvalue weighted by atomic mass is 9.66. The van der Waals surface area contributed by atoms with E-state index in [1.165, 1.54) is 0 Å². The first-order chi connectivity index (χ1) is 13.5. The molecular weight excluding hydrogens is 368 g/mol. The van der Waals surface area contributed by atoms with E-state index >= 15 is 0 Å². The zero-order valence-electron chi connectivity index (χ0n) is 17.7. The lowest BCUT2D eigenvalue weighted by Gasteiger charge is -2.40. The Morgan fingerprint density at radius 3 is 2.21 bits per heavy atom. The maximum absolute atomic E-state index is 13.2. The second-order valence-electron chi connectivity index (χ2n) is 9.99. The topological polar surface area (TPSA) is 72.8 Å². The molecule has 154 valence electrons. The zero-order chi connectivity index (χ0) is 21.1. The summed E-state index contributed by atoms with van der Waals surface area (Å²) in [5.41, 5.74) is 1.02. The molecule has 0 bridgehead atoms. The van der Waals surface area contributed by atoms with E-state index in [0.717, 1.165) is 0 Å². The average Bonchev–Trinajstić information content (AvgIpc) is 2.57. The summed E-state index contributed by atoms with van der Waals surface area (Å²) in [6, 6.07) is 5.48. The number of carbonyl (C=O) groups excluding carboxylic acids is 2. The van der Waals surface area contributed by atoms with Crippen molar-refractivity contribution in [1.29, 1.82) is 0 Å². The summed E-state index contributed by atoms with van der Waals surface area (Å²) in [7, 11) is 1.57. The van der Waals surface area contributed by atoms with Crippen LogP contribution in [0.25, 0.3) is 0 Å². The first-order valence-corrected chi connectivity index (χ1v) is 10.1. The van der Waals surface area contributed by atoms with Gasteiger partial charge >= 0.3 is 0 Å². The third kappa shape index (κ3) is 3.26. The van der Waals surface area contributed by atoms with E-state index in [4.69, 9.17) is 9.47 Å². The first-order valence-electron chi connectivity index (χ1n) is 10.1. The van der Waals surface area contributed by atoms with Gasteiger partial charge in [0, 0.05) is 42.4 Å². The number of aliphatic hydroxyl groups excluding tert-OH is 1. The predicted molar refractivity (Wildman–Crippen MR) is 109 cm³/mol. The second kappa shape index (κ2) is 6.48. The van der Waals surface area contributed by atoms with E-state index in [1.807, 2.05) is 39.8 Å². The molecule has 1 unspecified atom stereocenters. The lowest BCUT2D eigenvalue weighted by molar-refractivity contribution is -0.119. The van der Waals surface area contributed by atoms with E-state index in [1.54, 1.807) is 13.2 Å². The number of methoxy groups -OCH3 is 1. The van der Waals surface area contributed by atoms with Crippen molar-refractivity contribution in [1.82, 2.24) is 0 Å². The number of hydrogen-bond acceptors (Lipinski definition) is 5. The van der Waals surface area contributed by atoms with Crippen LogP contribution in [0.1, 0.15) is 64.9 Å². The third-order valence-electron chi connectivity index (χ3n) is 6.12. The molecule has 4 rings (SSSR count). The summed E-state index contributed by atoms with van der Waals surface area (Å²) < 4.78 is 11.7. The summed E-state index contributed by atoms with van der Waals surface area (Å²) in [5, 5.41) is 10.9. The van der Waals surface area contributed by atoms with Crippen LogP contribution in [0, 0.1) is 10.8 Å². The summed E-state index contributed by atoms with van der Waals surface area (Å²) >= 11 is 0. The number of carbonyl (C=O) groups is 2. The maximum atomic E-state index is 13.2. The molecule has 1 aliphatic heterocycles.